The highest BCUT2D eigenvalue weighted by atomic mass is 16.1. The fourth-order valence-corrected chi connectivity index (χ4v) is 1.47. The molecule has 0 saturated carbocycles. The van der Waals surface area contributed by atoms with E-state index in [1.807, 2.05) is 6.07 Å². The van der Waals surface area contributed by atoms with Crippen molar-refractivity contribution in [2.45, 2.75) is 25.8 Å². The molecule has 0 saturated heterocycles. The van der Waals surface area contributed by atoms with Gasteiger partial charge in [0.2, 0.25) is 5.91 Å². The molecule has 0 radical (unpaired) electrons. The van der Waals surface area contributed by atoms with Crippen molar-refractivity contribution >= 4 is 17.4 Å². The monoisotopic (exact) mass is 233 g/mol. The second-order valence-electron chi connectivity index (χ2n) is 4.38. The Morgan fingerprint density at radius 2 is 2.29 bits per heavy atom. The maximum Gasteiger partial charge on any atom is 0.219 e. The zero-order valence-corrected chi connectivity index (χ0v) is 9.82. The molecule has 0 fully saturated rings. The first kappa shape index (κ1) is 12.8. The quantitative estimate of drug-likeness (QED) is 0.703. The van der Waals surface area contributed by atoms with Gasteiger partial charge >= 0.3 is 0 Å². The van der Waals surface area contributed by atoms with Crippen molar-refractivity contribution in [3.63, 3.8) is 0 Å². The molecule has 5 N–H and O–H groups in total. The van der Waals surface area contributed by atoms with Gasteiger partial charge in [-0.25, -0.2) is 4.98 Å². The molecule has 1 rings (SSSR count). The minimum atomic E-state index is -0.568. The fraction of sp³-hybridized carbons (Fsp3) is 0.364. The van der Waals surface area contributed by atoms with Gasteiger partial charge in [-0.2, -0.15) is 5.26 Å². The summed E-state index contributed by atoms with van der Waals surface area (Å²) in [6.45, 7) is 3.61. The summed E-state index contributed by atoms with van der Waals surface area (Å²) in [7, 11) is 0. The van der Waals surface area contributed by atoms with Crippen molar-refractivity contribution in [2.75, 3.05) is 11.1 Å². The number of nitriles is 1. The van der Waals surface area contributed by atoms with Crippen LogP contribution in [0.25, 0.3) is 0 Å². The van der Waals surface area contributed by atoms with Crippen LogP contribution in [-0.2, 0) is 4.79 Å². The molecule has 0 aliphatic rings. The summed E-state index contributed by atoms with van der Waals surface area (Å²) in [5, 5.41) is 11.8. The van der Waals surface area contributed by atoms with Gasteiger partial charge in [0.15, 0.2) is 5.82 Å². The summed E-state index contributed by atoms with van der Waals surface area (Å²) in [4.78, 5) is 14.9. The molecule has 0 spiro atoms. The highest BCUT2D eigenvalue weighted by Gasteiger charge is 2.22. The van der Waals surface area contributed by atoms with Crippen molar-refractivity contribution in [2.24, 2.45) is 5.73 Å². The Kier molecular flexibility index (Phi) is 3.53. The van der Waals surface area contributed by atoms with Crippen LogP contribution in [0.1, 0.15) is 25.8 Å². The van der Waals surface area contributed by atoms with E-state index in [1.165, 1.54) is 12.3 Å². The molecule has 6 heteroatoms. The van der Waals surface area contributed by atoms with Crippen LogP contribution in [0, 0.1) is 11.3 Å². The molecule has 0 atom stereocenters. The highest BCUT2D eigenvalue weighted by molar-refractivity contribution is 5.76. The number of nitrogen functional groups attached to an aromatic ring is 1. The Morgan fingerprint density at radius 3 is 2.82 bits per heavy atom. The number of nitrogens with one attached hydrogen (secondary N) is 1. The second-order valence-corrected chi connectivity index (χ2v) is 4.38. The van der Waals surface area contributed by atoms with Crippen LogP contribution in [0.2, 0.25) is 0 Å². The van der Waals surface area contributed by atoms with E-state index in [0.717, 1.165) is 0 Å². The van der Waals surface area contributed by atoms with Gasteiger partial charge in [0.05, 0.1) is 11.3 Å². The zero-order chi connectivity index (χ0) is 13.1. The van der Waals surface area contributed by atoms with Gasteiger partial charge in [-0.05, 0) is 19.9 Å². The second kappa shape index (κ2) is 4.70. The molecule has 0 aliphatic heterocycles. The molecule has 0 aromatic carbocycles. The van der Waals surface area contributed by atoms with Crippen LogP contribution in [-0.4, -0.2) is 16.4 Å². The average molecular weight is 233 g/mol. The van der Waals surface area contributed by atoms with Crippen molar-refractivity contribution in [1.29, 1.82) is 5.26 Å². The predicted octanol–water partition coefficient (Wildman–Crippen LogP) is 0.601. The van der Waals surface area contributed by atoms with Gasteiger partial charge in [-0.3, -0.25) is 4.79 Å². The molecule has 90 valence electrons. The van der Waals surface area contributed by atoms with Crippen LogP contribution in [0.4, 0.5) is 11.5 Å². The summed E-state index contributed by atoms with van der Waals surface area (Å²) >= 11 is 0. The van der Waals surface area contributed by atoms with Gasteiger partial charge in [0.1, 0.15) is 6.07 Å². The minimum absolute atomic E-state index is 0.144. The normalized spacial score (nSPS) is 10.6. The standard InChI is InChI=1S/C11H15N5O/c1-11(2,5-8(13)17)16-10-9(14)7(6-12)3-4-15-10/h3-4H,5,14H2,1-2H3,(H2,13,17)(H,15,16). The van der Waals surface area contributed by atoms with E-state index >= 15 is 0 Å². The SMILES string of the molecule is CC(C)(CC(N)=O)Nc1nccc(C#N)c1N. The molecule has 1 amide bonds. The van der Waals surface area contributed by atoms with E-state index in [2.05, 4.69) is 10.3 Å². The first-order chi connectivity index (χ1) is 7.85. The maximum absolute atomic E-state index is 10.9. The maximum atomic E-state index is 10.9. The largest absolute Gasteiger partial charge is 0.395 e. The van der Waals surface area contributed by atoms with Crippen molar-refractivity contribution in [3.8, 4) is 6.07 Å². The molecular weight excluding hydrogens is 218 g/mol. The summed E-state index contributed by atoms with van der Waals surface area (Å²) in [5.41, 5.74) is 11.0. The first-order valence-electron chi connectivity index (χ1n) is 5.07. The molecule has 1 aromatic heterocycles. The van der Waals surface area contributed by atoms with Gasteiger partial charge in [0, 0.05) is 18.2 Å². The Bertz CT molecular complexity index is 475. The summed E-state index contributed by atoms with van der Waals surface area (Å²) in [6.07, 6.45) is 1.63. The van der Waals surface area contributed by atoms with Crippen molar-refractivity contribution in [1.82, 2.24) is 4.98 Å². The third-order valence-electron chi connectivity index (χ3n) is 2.18. The van der Waals surface area contributed by atoms with E-state index in [9.17, 15) is 4.79 Å². The minimum Gasteiger partial charge on any atom is -0.395 e. The Balaban J connectivity index is 2.96. The Hall–Kier alpha value is -2.29. The molecule has 0 unspecified atom stereocenters. The smallest absolute Gasteiger partial charge is 0.219 e. The zero-order valence-electron chi connectivity index (χ0n) is 9.82. The third kappa shape index (κ3) is 3.34. The van der Waals surface area contributed by atoms with E-state index in [0.29, 0.717) is 11.4 Å². The van der Waals surface area contributed by atoms with Gasteiger partial charge in [-0.1, -0.05) is 0 Å². The van der Waals surface area contributed by atoms with Gasteiger partial charge < -0.3 is 16.8 Å². The topological polar surface area (TPSA) is 118 Å². The van der Waals surface area contributed by atoms with Crippen LogP contribution in [0.3, 0.4) is 0 Å². The molecular formula is C11H15N5O. The molecule has 1 heterocycles. The third-order valence-corrected chi connectivity index (χ3v) is 2.18. The molecule has 0 aliphatic carbocycles. The number of rotatable bonds is 4. The van der Waals surface area contributed by atoms with Crippen LogP contribution in [0.15, 0.2) is 12.3 Å². The van der Waals surface area contributed by atoms with Gasteiger partial charge in [-0.15, -0.1) is 0 Å². The lowest BCUT2D eigenvalue weighted by Gasteiger charge is -2.26. The predicted molar refractivity (Wildman–Crippen MR) is 64.9 cm³/mol. The van der Waals surface area contributed by atoms with Crippen LogP contribution >= 0.6 is 0 Å². The number of carbonyl (C=O) groups excluding carboxylic acids is 1. The molecule has 1 aromatic rings. The number of nitrogens with two attached hydrogens (primary N) is 2. The number of pyridine rings is 1. The average Bonchev–Trinajstić information content (AvgIpc) is 2.19. The fourth-order valence-electron chi connectivity index (χ4n) is 1.47. The highest BCUT2D eigenvalue weighted by Crippen LogP contribution is 2.23. The van der Waals surface area contributed by atoms with Crippen LogP contribution in [0.5, 0.6) is 0 Å². The lowest BCUT2D eigenvalue weighted by Crippen LogP contribution is -2.36. The molecule has 6 nitrogen and oxygen atoms in total. The summed E-state index contributed by atoms with van der Waals surface area (Å²) in [6, 6.07) is 3.49. The molecule has 17 heavy (non-hydrogen) atoms. The number of nitrogens with zero attached hydrogens (tertiary/aromatic N) is 2. The lowest BCUT2D eigenvalue weighted by molar-refractivity contribution is -0.118. The number of hydrogen-bond acceptors (Lipinski definition) is 5. The van der Waals surface area contributed by atoms with E-state index in [-0.39, 0.29) is 12.1 Å². The summed E-state index contributed by atoms with van der Waals surface area (Å²) in [5.74, 6) is -0.0344. The van der Waals surface area contributed by atoms with Crippen molar-refractivity contribution in [3.05, 3.63) is 17.8 Å². The van der Waals surface area contributed by atoms with E-state index in [4.69, 9.17) is 16.7 Å². The summed E-state index contributed by atoms with van der Waals surface area (Å²) < 4.78 is 0. The van der Waals surface area contributed by atoms with Crippen molar-refractivity contribution < 1.29 is 4.79 Å². The number of hydrogen-bond donors (Lipinski definition) is 3. The van der Waals surface area contributed by atoms with Crippen LogP contribution < -0.4 is 16.8 Å². The van der Waals surface area contributed by atoms with E-state index in [1.54, 1.807) is 13.8 Å². The number of amides is 1. The van der Waals surface area contributed by atoms with Gasteiger partial charge in [0.25, 0.3) is 0 Å². The number of carbonyl (C=O) groups is 1. The Labute approximate surface area is 99.6 Å². The molecule has 0 bridgehead atoms. The first-order valence-corrected chi connectivity index (χ1v) is 5.07. The number of primary amides is 1. The number of anilines is 2. The van der Waals surface area contributed by atoms with E-state index < -0.39 is 11.4 Å². The lowest BCUT2D eigenvalue weighted by atomic mass is 10.00. The number of aromatic nitrogens is 1. The Morgan fingerprint density at radius 1 is 1.65 bits per heavy atom.